The van der Waals surface area contributed by atoms with Gasteiger partial charge in [0.15, 0.2) is 0 Å². The van der Waals surface area contributed by atoms with Gasteiger partial charge in [-0.05, 0) is 12.1 Å². The normalized spacial score (nSPS) is 9.14. The average molecular weight is 259 g/mol. The van der Waals surface area contributed by atoms with Crippen LogP contribution in [-0.2, 0) is 0 Å². The molecule has 0 fully saturated rings. The summed E-state index contributed by atoms with van der Waals surface area (Å²) in [6.07, 6.45) is 2.22. The number of benzene rings is 1. The zero-order valence-electron chi connectivity index (χ0n) is 7.55. The minimum Gasteiger partial charge on any atom is -0.507 e. The van der Waals surface area contributed by atoms with Gasteiger partial charge in [0, 0.05) is 0 Å². The molecule has 0 saturated carbocycles. The molecule has 0 bridgehead atoms. The van der Waals surface area contributed by atoms with Gasteiger partial charge in [-0.2, -0.15) is 10.2 Å². The number of aromatic hydroxyl groups is 1. The smallest absolute Gasteiger partial charge is 0.507 e. The van der Waals surface area contributed by atoms with Gasteiger partial charge in [-0.15, -0.1) is 0 Å². The van der Waals surface area contributed by atoms with E-state index in [1.807, 2.05) is 0 Å². The van der Waals surface area contributed by atoms with E-state index in [0.29, 0.717) is 5.56 Å². The van der Waals surface area contributed by atoms with Crippen LogP contribution in [0.1, 0.15) is 0 Å². The molecule has 0 aliphatic carbocycles. The van der Waals surface area contributed by atoms with E-state index in [1.165, 1.54) is 0 Å². The monoisotopic (exact) mass is 258 g/mol. The van der Waals surface area contributed by atoms with Gasteiger partial charge in [0.25, 0.3) is 0 Å². The van der Waals surface area contributed by atoms with Crippen molar-refractivity contribution in [2.24, 2.45) is 0 Å². The van der Waals surface area contributed by atoms with Crippen LogP contribution in [0.5, 0.6) is 5.75 Å². The molecule has 2 aromatic rings. The van der Waals surface area contributed by atoms with Crippen molar-refractivity contribution in [1.29, 1.82) is 0 Å². The van der Waals surface area contributed by atoms with E-state index in [1.54, 1.807) is 24.3 Å². The molecule has 1 aromatic heterocycles. The molecule has 6 heteroatoms. The second kappa shape index (κ2) is 5.60. The first-order valence-corrected chi connectivity index (χ1v) is 3.60. The number of para-hydroxylation sites is 1. The first kappa shape index (κ1) is 11.8. The minimum atomic E-state index is 0. The Bertz CT molecular complexity index is 409. The van der Waals surface area contributed by atoms with Crippen molar-refractivity contribution < 1.29 is 63.3 Å². The second-order valence-electron chi connectivity index (χ2n) is 2.34. The molecular formula is C8H5N4ORb. The van der Waals surface area contributed by atoms with Crippen molar-refractivity contribution in [3.05, 3.63) is 30.6 Å². The molecule has 0 aliphatic rings. The maximum absolute atomic E-state index is 9.42. The van der Waals surface area contributed by atoms with Crippen molar-refractivity contribution in [2.75, 3.05) is 0 Å². The number of aromatic nitrogens is 4. The topological polar surface area (TPSA) is 71.8 Å². The van der Waals surface area contributed by atoms with Gasteiger partial charge in [0.2, 0.25) is 5.82 Å². The number of phenolic OH excluding ortho intramolecular Hbond substituents is 1. The summed E-state index contributed by atoms with van der Waals surface area (Å²) in [7, 11) is 0. The third-order valence-corrected chi connectivity index (χ3v) is 1.52. The SMILES string of the molecule is Oc1ccccc1-c1nn[c-]nn1.[Rb+]. The molecule has 0 spiro atoms. The van der Waals surface area contributed by atoms with Crippen molar-refractivity contribution in [2.45, 2.75) is 0 Å². The van der Waals surface area contributed by atoms with Crippen LogP contribution < -0.4 is 58.2 Å². The van der Waals surface area contributed by atoms with Crippen LogP contribution in [0.2, 0.25) is 0 Å². The first-order chi connectivity index (χ1) is 6.38. The molecule has 0 unspecified atom stereocenters. The predicted molar refractivity (Wildman–Crippen MR) is 43.6 cm³/mol. The Labute approximate surface area is 129 Å². The summed E-state index contributed by atoms with van der Waals surface area (Å²) >= 11 is 0. The summed E-state index contributed by atoms with van der Waals surface area (Å²) < 4.78 is 0. The molecule has 5 nitrogen and oxygen atoms in total. The Morgan fingerprint density at radius 1 is 1.07 bits per heavy atom. The molecule has 1 N–H and O–H groups in total. The molecule has 0 saturated heterocycles. The molecule has 0 amide bonds. The Morgan fingerprint density at radius 3 is 2.36 bits per heavy atom. The Kier molecular flexibility index (Phi) is 4.73. The van der Waals surface area contributed by atoms with E-state index in [4.69, 9.17) is 0 Å². The standard InChI is InChI=1S/C8H5N4O.Rb/c13-7-4-2-1-3-6(7)8-11-9-5-10-12-8;/h1-4,13H;/q-1;+1. The Hall–Kier alpha value is -0.235. The molecule has 0 radical (unpaired) electrons. The molecule has 1 aromatic carbocycles. The van der Waals surface area contributed by atoms with Crippen LogP contribution in [0.3, 0.4) is 0 Å². The quantitative estimate of drug-likeness (QED) is 0.570. The third kappa shape index (κ3) is 2.63. The van der Waals surface area contributed by atoms with Gasteiger partial charge in [-0.1, -0.05) is 12.1 Å². The van der Waals surface area contributed by atoms with Gasteiger partial charge < -0.3 is 15.3 Å². The fourth-order valence-electron chi connectivity index (χ4n) is 0.950. The van der Waals surface area contributed by atoms with E-state index >= 15 is 0 Å². The summed E-state index contributed by atoms with van der Waals surface area (Å²) in [6.45, 7) is 0. The summed E-state index contributed by atoms with van der Waals surface area (Å²) in [5.74, 6) is 0.397. The zero-order chi connectivity index (χ0) is 9.10. The van der Waals surface area contributed by atoms with Crippen LogP contribution in [0.25, 0.3) is 11.4 Å². The van der Waals surface area contributed by atoms with Crippen LogP contribution in [0, 0.1) is 6.33 Å². The third-order valence-electron chi connectivity index (χ3n) is 1.52. The van der Waals surface area contributed by atoms with E-state index in [-0.39, 0.29) is 69.8 Å². The molecule has 2 rings (SSSR count). The van der Waals surface area contributed by atoms with E-state index in [0.717, 1.165) is 0 Å². The molecule has 1 heterocycles. The van der Waals surface area contributed by atoms with Crippen LogP contribution >= 0.6 is 0 Å². The molecule has 64 valence electrons. The number of rotatable bonds is 1. The summed E-state index contributed by atoms with van der Waals surface area (Å²) in [6, 6.07) is 6.73. The van der Waals surface area contributed by atoms with Gasteiger partial charge in [-0.25, -0.2) is 6.33 Å². The maximum Gasteiger partial charge on any atom is 1.00 e. The maximum atomic E-state index is 9.42. The van der Waals surface area contributed by atoms with Crippen molar-refractivity contribution in [3.8, 4) is 17.1 Å². The van der Waals surface area contributed by atoms with Gasteiger partial charge >= 0.3 is 58.2 Å². The second-order valence-corrected chi connectivity index (χ2v) is 2.34. The van der Waals surface area contributed by atoms with Crippen LogP contribution in [-0.4, -0.2) is 25.5 Å². The van der Waals surface area contributed by atoms with Crippen molar-refractivity contribution >= 4 is 0 Å². The predicted octanol–water partition coefficient (Wildman–Crippen LogP) is -2.56. The molecular weight excluding hydrogens is 254 g/mol. The van der Waals surface area contributed by atoms with Crippen LogP contribution in [0.15, 0.2) is 24.3 Å². The molecule has 0 atom stereocenters. The van der Waals surface area contributed by atoms with E-state index in [2.05, 4.69) is 26.7 Å². The van der Waals surface area contributed by atoms with E-state index < -0.39 is 0 Å². The van der Waals surface area contributed by atoms with Gasteiger partial charge in [-0.3, -0.25) is 0 Å². The van der Waals surface area contributed by atoms with Crippen molar-refractivity contribution in [1.82, 2.24) is 20.4 Å². The molecule has 0 aliphatic heterocycles. The fourth-order valence-corrected chi connectivity index (χ4v) is 0.950. The minimum absolute atomic E-state index is 0. The number of phenols is 1. The first-order valence-electron chi connectivity index (χ1n) is 3.60. The van der Waals surface area contributed by atoms with Crippen molar-refractivity contribution in [3.63, 3.8) is 0 Å². The van der Waals surface area contributed by atoms with Gasteiger partial charge in [0.05, 0.1) is 5.56 Å². The Balaban J connectivity index is 0.000000980. The summed E-state index contributed by atoms with van der Waals surface area (Å²) in [5.41, 5.74) is 0.511. The fraction of sp³-hybridized carbons (Fsp3) is 0. The summed E-state index contributed by atoms with van der Waals surface area (Å²) in [4.78, 5) is 0. The summed E-state index contributed by atoms with van der Waals surface area (Å²) in [5, 5.41) is 23.6. The average Bonchev–Trinajstić information content (AvgIpc) is 2.20. The number of hydrogen-bond donors (Lipinski definition) is 1. The Morgan fingerprint density at radius 2 is 1.71 bits per heavy atom. The molecule has 14 heavy (non-hydrogen) atoms. The van der Waals surface area contributed by atoms with Crippen LogP contribution in [0.4, 0.5) is 0 Å². The van der Waals surface area contributed by atoms with E-state index in [9.17, 15) is 5.11 Å². The number of nitrogens with zero attached hydrogens (tertiary/aromatic N) is 4. The zero-order valence-corrected chi connectivity index (χ0v) is 12.5. The largest absolute Gasteiger partial charge is 1.00 e. The van der Waals surface area contributed by atoms with Gasteiger partial charge in [0.1, 0.15) is 5.75 Å². The number of hydrogen-bond acceptors (Lipinski definition) is 5.